The van der Waals surface area contributed by atoms with E-state index >= 15 is 0 Å². The number of piperazine rings is 1. The molecule has 0 atom stereocenters. The van der Waals surface area contributed by atoms with Gasteiger partial charge in [-0.15, -0.1) is 0 Å². The van der Waals surface area contributed by atoms with Gasteiger partial charge in [0.05, 0.1) is 12.2 Å². The fourth-order valence-corrected chi connectivity index (χ4v) is 2.41. The third-order valence-corrected chi connectivity index (χ3v) is 3.47. The van der Waals surface area contributed by atoms with Crippen molar-refractivity contribution in [2.45, 2.75) is 0 Å². The number of nitrogens with zero attached hydrogens (tertiary/aromatic N) is 6. The first kappa shape index (κ1) is 13.5. The maximum Gasteiger partial charge on any atom is 0.317 e. The highest BCUT2D eigenvalue weighted by Crippen LogP contribution is 2.16. The lowest BCUT2D eigenvalue weighted by molar-refractivity contribution is -0.138. The van der Waals surface area contributed by atoms with Crippen molar-refractivity contribution in [3.05, 3.63) is 30.3 Å². The van der Waals surface area contributed by atoms with E-state index in [0.717, 1.165) is 5.69 Å². The Morgan fingerprint density at radius 1 is 1.14 bits per heavy atom. The summed E-state index contributed by atoms with van der Waals surface area (Å²) in [4.78, 5) is 14.7. The maximum atomic E-state index is 10.7. The molecule has 1 aliphatic rings. The lowest BCUT2D eigenvalue weighted by Gasteiger charge is -2.33. The fourth-order valence-electron chi connectivity index (χ4n) is 2.41. The maximum absolute atomic E-state index is 10.7. The standard InChI is InChI=1S/C13H16N6O2/c20-12(21)10-17-6-8-18(9-7-17)13-14-15-16-19(13)11-4-2-1-3-5-11/h1-5H,6-10H2,(H,20,21). The molecule has 1 aliphatic heterocycles. The second kappa shape index (κ2) is 5.88. The van der Waals surface area contributed by atoms with Gasteiger partial charge >= 0.3 is 5.97 Å². The van der Waals surface area contributed by atoms with Crippen molar-refractivity contribution < 1.29 is 9.90 Å². The Morgan fingerprint density at radius 2 is 1.86 bits per heavy atom. The number of hydrogen-bond donors (Lipinski definition) is 1. The molecule has 1 aromatic carbocycles. The molecule has 3 rings (SSSR count). The van der Waals surface area contributed by atoms with Crippen LogP contribution in [0.1, 0.15) is 0 Å². The summed E-state index contributed by atoms with van der Waals surface area (Å²) in [5, 5.41) is 20.7. The van der Waals surface area contributed by atoms with E-state index < -0.39 is 5.97 Å². The van der Waals surface area contributed by atoms with Crippen LogP contribution in [-0.2, 0) is 4.79 Å². The first-order valence-corrected chi connectivity index (χ1v) is 6.77. The molecule has 1 fully saturated rings. The SMILES string of the molecule is O=C(O)CN1CCN(c2nnnn2-c2ccccc2)CC1. The van der Waals surface area contributed by atoms with E-state index in [9.17, 15) is 4.79 Å². The fraction of sp³-hybridized carbons (Fsp3) is 0.385. The molecule has 2 aromatic rings. The predicted octanol–water partition coefficient (Wildman–Crippen LogP) is -0.131. The number of aromatic nitrogens is 4. The summed E-state index contributed by atoms with van der Waals surface area (Å²) >= 11 is 0. The van der Waals surface area contributed by atoms with E-state index in [4.69, 9.17) is 5.11 Å². The number of aliphatic carboxylic acids is 1. The van der Waals surface area contributed by atoms with E-state index in [0.29, 0.717) is 32.1 Å². The zero-order valence-corrected chi connectivity index (χ0v) is 11.5. The highest BCUT2D eigenvalue weighted by molar-refractivity contribution is 5.69. The van der Waals surface area contributed by atoms with Crippen LogP contribution in [0.25, 0.3) is 5.69 Å². The minimum atomic E-state index is -0.794. The topological polar surface area (TPSA) is 87.4 Å². The molecule has 110 valence electrons. The van der Waals surface area contributed by atoms with Gasteiger partial charge in [-0.05, 0) is 22.6 Å². The summed E-state index contributed by atoms with van der Waals surface area (Å²) < 4.78 is 1.70. The summed E-state index contributed by atoms with van der Waals surface area (Å²) in [5.74, 6) is -0.103. The van der Waals surface area contributed by atoms with Crippen LogP contribution in [0.2, 0.25) is 0 Å². The van der Waals surface area contributed by atoms with Gasteiger partial charge in [0, 0.05) is 26.2 Å². The molecule has 1 aromatic heterocycles. The summed E-state index contributed by atoms with van der Waals surface area (Å²) in [7, 11) is 0. The molecule has 8 nitrogen and oxygen atoms in total. The van der Waals surface area contributed by atoms with Gasteiger partial charge in [0.15, 0.2) is 0 Å². The van der Waals surface area contributed by atoms with E-state index in [1.807, 2.05) is 35.2 Å². The Bertz CT molecular complexity index is 606. The molecule has 0 spiro atoms. The quantitative estimate of drug-likeness (QED) is 0.838. The van der Waals surface area contributed by atoms with Crippen molar-refractivity contribution in [3.63, 3.8) is 0 Å². The van der Waals surface area contributed by atoms with E-state index in [1.54, 1.807) is 4.68 Å². The molecule has 0 saturated carbocycles. The third kappa shape index (κ3) is 3.00. The zero-order valence-electron chi connectivity index (χ0n) is 11.5. The van der Waals surface area contributed by atoms with Gasteiger partial charge in [-0.2, -0.15) is 4.68 Å². The van der Waals surface area contributed by atoms with Gasteiger partial charge in [-0.1, -0.05) is 23.3 Å². The van der Waals surface area contributed by atoms with Crippen molar-refractivity contribution in [3.8, 4) is 5.69 Å². The number of carboxylic acids is 1. The number of carboxylic acid groups (broad SMARTS) is 1. The number of anilines is 1. The predicted molar refractivity (Wildman–Crippen MR) is 75.4 cm³/mol. The molecule has 0 aliphatic carbocycles. The number of para-hydroxylation sites is 1. The minimum absolute atomic E-state index is 0.0808. The Kier molecular flexibility index (Phi) is 3.78. The Hall–Kier alpha value is -2.48. The van der Waals surface area contributed by atoms with Crippen LogP contribution in [0, 0.1) is 0 Å². The Morgan fingerprint density at radius 3 is 2.52 bits per heavy atom. The van der Waals surface area contributed by atoms with Crippen molar-refractivity contribution in [1.82, 2.24) is 25.1 Å². The van der Waals surface area contributed by atoms with Gasteiger partial charge < -0.3 is 10.0 Å². The van der Waals surface area contributed by atoms with Crippen molar-refractivity contribution in [2.24, 2.45) is 0 Å². The van der Waals surface area contributed by atoms with Gasteiger partial charge in [0.25, 0.3) is 0 Å². The molecule has 0 radical (unpaired) electrons. The van der Waals surface area contributed by atoms with Gasteiger partial charge in [0.2, 0.25) is 5.95 Å². The number of benzene rings is 1. The lowest BCUT2D eigenvalue weighted by Crippen LogP contribution is -2.48. The first-order valence-electron chi connectivity index (χ1n) is 6.77. The highest BCUT2D eigenvalue weighted by atomic mass is 16.4. The number of hydrogen-bond acceptors (Lipinski definition) is 6. The number of tetrazole rings is 1. The Labute approximate surface area is 121 Å². The van der Waals surface area contributed by atoms with Crippen LogP contribution in [0.5, 0.6) is 0 Å². The van der Waals surface area contributed by atoms with Gasteiger partial charge in [-0.25, -0.2) is 0 Å². The summed E-state index contributed by atoms with van der Waals surface area (Å²) in [6.07, 6.45) is 0. The van der Waals surface area contributed by atoms with Crippen LogP contribution in [0.15, 0.2) is 30.3 Å². The molecular formula is C13H16N6O2. The average molecular weight is 288 g/mol. The summed E-state index contributed by atoms with van der Waals surface area (Å²) in [5.41, 5.74) is 0.908. The summed E-state index contributed by atoms with van der Waals surface area (Å²) in [6.45, 7) is 2.88. The van der Waals surface area contributed by atoms with Crippen LogP contribution in [0.4, 0.5) is 5.95 Å². The molecule has 0 bridgehead atoms. The second-order valence-electron chi connectivity index (χ2n) is 4.88. The molecular weight excluding hydrogens is 272 g/mol. The van der Waals surface area contributed by atoms with E-state index in [2.05, 4.69) is 20.4 Å². The molecule has 2 heterocycles. The molecule has 0 unspecified atom stereocenters. The van der Waals surface area contributed by atoms with E-state index in [-0.39, 0.29) is 6.54 Å². The zero-order chi connectivity index (χ0) is 14.7. The monoisotopic (exact) mass is 288 g/mol. The lowest BCUT2D eigenvalue weighted by atomic mass is 10.3. The van der Waals surface area contributed by atoms with Crippen molar-refractivity contribution >= 4 is 11.9 Å². The normalized spacial score (nSPS) is 16.1. The minimum Gasteiger partial charge on any atom is -0.480 e. The smallest absolute Gasteiger partial charge is 0.317 e. The second-order valence-corrected chi connectivity index (χ2v) is 4.88. The van der Waals surface area contributed by atoms with Crippen LogP contribution in [0.3, 0.4) is 0 Å². The third-order valence-electron chi connectivity index (χ3n) is 3.47. The highest BCUT2D eigenvalue weighted by Gasteiger charge is 2.23. The van der Waals surface area contributed by atoms with Crippen LogP contribution in [-0.4, -0.2) is 68.9 Å². The first-order chi connectivity index (χ1) is 10.2. The molecule has 1 saturated heterocycles. The van der Waals surface area contributed by atoms with Crippen molar-refractivity contribution in [2.75, 3.05) is 37.6 Å². The largest absolute Gasteiger partial charge is 0.480 e. The number of rotatable bonds is 4. The van der Waals surface area contributed by atoms with Crippen LogP contribution >= 0.6 is 0 Å². The number of carbonyl (C=O) groups is 1. The van der Waals surface area contributed by atoms with Gasteiger partial charge in [0.1, 0.15) is 0 Å². The molecule has 21 heavy (non-hydrogen) atoms. The molecule has 0 amide bonds. The molecule has 1 N–H and O–H groups in total. The summed E-state index contributed by atoms with van der Waals surface area (Å²) in [6, 6.07) is 9.70. The van der Waals surface area contributed by atoms with Gasteiger partial charge in [-0.3, -0.25) is 9.69 Å². The average Bonchev–Trinajstić information content (AvgIpc) is 2.98. The van der Waals surface area contributed by atoms with Crippen LogP contribution < -0.4 is 4.90 Å². The van der Waals surface area contributed by atoms with Crippen molar-refractivity contribution in [1.29, 1.82) is 0 Å². The van der Waals surface area contributed by atoms with E-state index in [1.165, 1.54) is 0 Å². The Balaban J connectivity index is 1.72. The molecule has 8 heteroatoms.